The number of hydrogen-bond acceptors (Lipinski definition) is 6. The fourth-order valence-corrected chi connectivity index (χ4v) is 3.49. The smallest absolute Gasteiger partial charge is 0.233 e. The van der Waals surface area contributed by atoms with E-state index in [1.807, 2.05) is 56.3 Å². The number of para-hydroxylation sites is 1. The molecular weight excluding hydrogens is 374 g/mol. The second-order valence-corrected chi connectivity index (χ2v) is 7.74. The van der Waals surface area contributed by atoms with Crippen molar-refractivity contribution < 1.29 is 9.53 Å². The molecular formula is C20H23N5O2S. The summed E-state index contributed by atoms with van der Waals surface area (Å²) in [6.45, 7) is 6.34. The van der Waals surface area contributed by atoms with Gasteiger partial charge in [0.2, 0.25) is 11.1 Å². The van der Waals surface area contributed by atoms with Gasteiger partial charge in [0, 0.05) is 12.1 Å². The zero-order chi connectivity index (χ0) is 20.1. The van der Waals surface area contributed by atoms with Gasteiger partial charge in [-0.2, -0.15) is 4.68 Å². The van der Waals surface area contributed by atoms with Gasteiger partial charge in [-0.1, -0.05) is 36.0 Å². The van der Waals surface area contributed by atoms with E-state index in [1.54, 1.807) is 11.8 Å². The van der Waals surface area contributed by atoms with E-state index in [-0.39, 0.29) is 11.2 Å². The number of ether oxygens (including phenoxy) is 1. The van der Waals surface area contributed by atoms with Crippen LogP contribution in [0.5, 0.6) is 5.75 Å². The predicted molar refractivity (Wildman–Crippen MR) is 109 cm³/mol. The molecule has 0 saturated carbocycles. The van der Waals surface area contributed by atoms with Gasteiger partial charge in [-0.3, -0.25) is 4.79 Å². The van der Waals surface area contributed by atoms with Crippen LogP contribution in [0.25, 0.3) is 5.69 Å². The number of carbonyl (C=O) groups is 1. The van der Waals surface area contributed by atoms with Crippen molar-refractivity contribution in [2.45, 2.75) is 37.7 Å². The number of amides is 1. The number of methoxy groups -OCH3 is 1. The minimum Gasteiger partial charge on any atom is -0.496 e. The molecule has 8 heteroatoms. The van der Waals surface area contributed by atoms with Crippen LogP contribution in [0, 0.1) is 13.8 Å². The van der Waals surface area contributed by atoms with Crippen LogP contribution in [-0.4, -0.2) is 38.5 Å². The van der Waals surface area contributed by atoms with Crippen LogP contribution in [0.2, 0.25) is 0 Å². The molecule has 0 bridgehead atoms. The van der Waals surface area contributed by atoms with Gasteiger partial charge in [-0.25, -0.2) is 0 Å². The minimum absolute atomic E-state index is 0.0921. The zero-order valence-electron chi connectivity index (χ0n) is 16.3. The average molecular weight is 398 g/mol. The van der Waals surface area contributed by atoms with E-state index < -0.39 is 0 Å². The number of nitrogens with one attached hydrogen (secondary N) is 1. The van der Waals surface area contributed by atoms with Gasteiger partial charge in [-0.15, -0.1) is 5.10 Å². The van der Waals surface area contributed by atoms with Gasteiger partial charge in [0.15, 0.2) is 0 Å². The molecule has 0 spiro atoms. The standard InChI is InChI=1S/C20H23N5O2S/c1-13-9-10-17(11-14(13)2)25-20(22-23-24-25)28-15(3)19(26)21-12-16-7-5-6-8-18(16)27-4/h5-11,15H,12H2,1-4H3,(H,21,26). The molecule has 1 aromatic heterocycles. The third kappa shape index (κ3) is 4.51. The average Bonchev–Trinajstić information content (AvgIpc) is 3.16. The van der Waals surface area contributed by atoms with E-state index in [2.05, 4.69) is 27.8 Å². The molecule has 0 aliphatic carbocycles. The van der Waals surface area contributed by atoms with E-state index in [0.29, 0.717) is 11.7 Å². The highest BCUT2D eigenvalue weighted by Crippen LogP contribution is 2.24. The molecule has 1 heterocycles. The summed E-state index contributed by atoms with van der Waals surface area (Å²) in [6, 6.07) is 13.6. The largest absolute Gasteiger partial charge is 0.496 e. The summed E-state index contributed by atoms with van der Waals surface area (Å²) in [5.74, 6) is 0.660. The Morgan fingerprint density at radius 2 is 2.00 bits per heavy atom. The molecule has 1 N–H and O–H groups in total. The Labute approximate surface area is 168 Å². The molecule has 1 unspecified atom stereocenters. The maximum absolute atomic E-state index is 12.5. The van der Waals surface area contributed by atoms with E-state index >= 15 is 0 Å². The van der Waals surface area contributed by atoms with Crippen molar-refractivity contribution in [2.75, 3.05) is 7.11 Å². The number of aryl methyl sites for hydroxylation is 2. The molecule has 28 heavy (non-hydrogen) atoms. The quantitative estimate of drug-likeness (QED) is 0.617. The number of benzene rings is 2. The number of nitrogens with zero attached hydrogens (tertiary/aromatic N) is 4. The molecule has 1 atom stereocenters. The van der Waals surface area contributed by atoms with Crippen molar-refractivity contribution in [2.24, 2.45) is 0 Å². The lowest BCUT2D eigenvalue weighted by atomic mass is 10.1. The highest BCUT2D eigenvalue weighted by molar-refractivity contribution is 8.00. The van der Waals surface area contributed by atoms with Gasteiger partial charge in [-0.05, 0) is 60.5 Å². The van der Waals surface area contributed by atoms with Gasteiger partial charge >= 0.3 is 0 Å². The zero-order valence-corrected chi connectivity index (χ0v) is 17.2. The predicted octanol–water partition coefficient (Wildman–Crippen LogP) is 3.08. The molecule has 0 aliphatic heterocycles. The lowest BCUT2D eigenvalue weighted by Crippen LogP contribution is -2.30. The topological polar surface area (TPSA) is 81.9 Å². The van der Waals surface area contributed by atoms with Gasteiger partial charge in [0.25, 0.3) is 0 Å². The Balaban J connectivity index is 1.66. The van der Waals surface area contributed by atoms with Crippen molar-refractivity contribution in [3.63, 3.8) is 0 Å². The maximum Gasteiger partial charge on any atom is 0.233 e. The monoisotopic (exact) mass is 397 g/mol. The number of thioether (sulfide) groups is 1. The van der Waals surface area contributed by atoms with Crippen molar-refractivity contribution in [1.29, 1.82) is 0 Å². The first kappa shape index (κ1) is 19.9. The molecule has 2 aromatic carbocycles. The number of aromatic nitrogens is 4. The molecule has 7 nitrogen and oxygen atoms in total. The molecule has 1 amide bonds. The Morgan fingerprint density at radius 3 is 2.75 bits per heavy atom. The summed E-state index contributed by atoms with van der Waals surface area (Å²) >= 11 is 1.32. The highest BCUT2D eigenvalue weighted by Gasteiger charge is 2.19. The fourth-order valence-electron chi connectivity index (χ4n) is 2.66. The lowest BCUT2D eigenvalue weighted by molar-refractivity contribution is -0.120. The number of tetrazole rings is 1. The van der Waals surface area contributed by atoms with Gasteiger partial charge in [0.1, 0.15) is 5.75 Å². The van der Waals surface area contributed by atoms with Crippen LogP contribution < -0.4 is 10.1 Å². The first-order valence-corrected chi connectivity index (χ1v) is 9.80. The lowest BCUT2D eigenvalue weighted by Gasteiger charge is -2.13. The second-order valence-electron chi connectivity index (χ2n) is 6.43. The molecule has 0 radical (unpaired) electrons. The number of rotatable bonds is 7. The van der Waals surface area contributed by atoms with Crippen LogP contribution in [-0.2, 0) is 11.3 Å². The highest BCUT2D eigenvalue weighted by atomic mass is 32.2. The van der Waals surface area contributed by atoms with Gasteiger partial charge in [0.05, 0.1) is 18.0 Å². The second kappa shape index (κ2) is 8.88. The van der Waals surface area contributed by atoms with E-state index in [1.165, 1.54) is 17.3 Å². The SMILES string of the molecule is COc1ccccc1CNC(=O)C(C)Sc1nnnn1-c1ccc(C)c(C)c1. The Bertz CT molecular complexity index is 973. The van der Waals surface area contributed by atoms with Crippen LogP contribution in [0.4, 0.5) is 0 Å². The van der Waals surface area contributed by atoms with Crippen LogP contribution in [0.3, 0.4) is 0 Å². The molecule has 0 aliphatic rings. The first-order valence-electron chi connectivity index (χ1n) is 8.92. The Hall–Kier alpha value is -2.87. The molecule has 3 rings (SSSR count). The Kier molecular flexibility index (Phi) is 6.30. The minimum atomic E-state index is -0.356. The van der Waals surface area contributed by atoms with E-state index in [4.69, 9.17) is 4.74 Å². The summed E-state index contributed by atoms with van der Waals surface area (Å²) in [5, 5.41) is 15.1. The summed E-state index contributed by atoms with van der Waals surface area (Å²) in [5.41, 5.74) is 4.16. The van der Waals surface area contributed by atoms with E-state index in [0.717, 1.165) is 22.6 Å². The summed E-state index contributed by atoms with van der Waals surface area (Å²) in [7, 11) is 1.62. The van der Waals surface area contributed by atoms with E-state index in [9.17, 15) is 4.79 Å². The van der Waals surface area contributed by atoms with Crippen molar-refractivity contribution >= 4 is 17.7 Å². The maximum atomic E-state index is 12.5. The molecule has 146 valence electrons. The van der Waals surface area contributed by atoms with Crippen LogP contribution in [0.1, 0.15) is 23.6 Å². The Morgan fingerprint density at radius 1 is 1.21 bits per heavy atom. The molecule has 0 saturated heterocycles. The summed E-state index contributed by atoms with van der Waals surface area (Å²) in [4.78, 5) is 12.5. The normalized spacial score (nSPS) is 11.9. The van der Waals surface area contributed by atoms with Crippen LogP contribution in [0.15, 0.2) is 47.6 Å². The third-order valence-corrected chi connectivity index (χ3v) is 5.51. The number of carbonyl (C=O) groups excluding carboxylic acids is 1. The summed E-state index contributed by atoms with van der Waals surface area (Å²) < 4.78 is 6.97. The van der Waals surface area contributed by atoms with Crippen LogP contribution >= 0.6 is 11.8 Å². The number of hydrogen-bond donors (Lipinski definition) is 1. The van der Waals surface area contributed by atoms with Gasteiger partial charge < -0.3 is 10.1 Å². The fraction of sp³-hybridized carbons (Fsp3) is 0.300. The first-order chi connectivity index (χ1) is 13.5. The third-order valence-electron chi connectivity index (χ3n) is 4.47. The van der Waals surface area contributed by atoms with Crippen molar-refractivity contribution in [1.82, 2.24) is 25.5 Å². The molecule has 0 fully saturated rings. The van der Waals surface area contributed by atoms with Crippen molar-refractivity contribution in [3.05, 3.63) is 59.2 Å². The molecule has 3 aromatic rings. The van der Waals surface area contributed by atoms with Crippen molar-refractivity contribution in [3.8, 4) is 11.4 Å². The summed E-state index contributed by atoms with van der Waals surface area (Å²) in [6.07, 6.45) is 0.